The average Bonchev–Trinajstić information content (AvgIpc) is 2.99. The molecule has 1 unspecified atom stereocenters. The lowest BCUT2D eigenvalue weighted by atomic mass is 10.0. The van der Waals surface area contributed by atoms with Gasteiger partial charge in [-0.05, 0) is 36.8 Å². The normalized spacial score (nSPS) is 15.5. The molecule has 1 heterocycles. The molecule has 19 heavy (non-hydrogen) atoms. The second-order valence-corrected chi connectivity index (χ2v) is 6.40. The summed E-state index contributed by atoms with van der Waals surface area (Å²) in [5.74, 6) is 0. The Morgan fingerprint density at radius 3 is 2.74 bits per heavy atom. The van der Waals surface area contributed by atoms with Gasteiger partial charge in [-0.3, -0.25) is 0 Å². The van der Waals surface area contributed by atoms with E-state index in [2.05, 4.69) is 31.2 Å². The number of aromatic nitrogens is 1. The van der Waals surface area contributed by atoms with E-state index in [0.29, 0.717) is 0 Å². The summed E-state index contributed by atoms with van der Waals surface area (Å²) in [7, 11) is 0. The Bertz CT molecular complexity index is 535. The van der Waals surface area contributed by atoms with Gasteiger partial charge in [-0.1, -0.05) is 31.2 Å². The maximum Gasteiger partial charge on any atom is 0.0950 e. The average molecular weight is 272 g/mol. The van der Waals surface area contributed by atoms with Crippen LogP contribution < -0.4 is 5.73 Å². The van der Waals surface area contributed by atoms with Gasteiger partial charge >= 0.3 is 0 Å². The number of nitrogens with zero attached hydrogens (tertiary/aromatic N) is 1. The quantitative estimate of drug-likeness (QED) is 0.926. The third kappa shape index (κ3) is 2.72. The molecule has 0 radical (unpaired) electrons. The first-order chi connectivity index (χ1) is 9.26. The van der Waals surface area contributed by atoms with E-state index in [4.69, 9.17) is 10.7 Å². The number of thiazole rings is 1. The molecule has 0 aliphatic heterocycles. The smallest absolute Gasteiger partial charge is 0.0950 e. The zero-order chi connectivity index (χ0) is 13.2. The summed E-state index contributed by atoms with van der Waals surface area (Å²) >= 11 is 1.86. The van der Waals surface area contributed by atoms with Crippen LogP contribution in [-0.2, 0) is 25.7 Å². The van der Waals surface area contributed by atoms with E-state index in [0.717, 1.165) is 19.3 Å². The Kier molecular flexibility index (Phi) is 3.67. The van der Waals surface area contributed by atoms with Crippen molar-refractivity contribution in [3.8, 4) is 0 Å². The molecule has 0 spiro atoms. The summed E-state index contributed by atoms with van der Waals surface area (Å²) in [5.41, 5.74) is 10.2. The monoisotopic (exact) mass is 272 g/mol. The molecule has 0 fully saturated rings. The number of nitrogens with two attached hydrogens (primary N) is 1. The Morgan fingerprint density at radius 2 is 2.05 bits per heavy atom. The molecule has 2 N–H and O–H groups in total. The van der Waals surface area contributed by atoms with Crippen LogP contribution in [0, 0.1) is 0 Å². The number of hydrogen-bond acceptors (Lipinski definition) is 3. The summed E-state index contributed by atoms with van der Waals surface area (Å²) in [6.07, 6.45) is 5.59. The molecule has 1 aromatic carbocycles. The molecule has 1 atom stereocenters. The highest BCUT2D eigenvalue weighted by Crippen LogP contribution is 2.29. The van der Waals surface area contributed by atoms with Crippen LogP contribution >= 0.6 is 11.3 Å². The molecular formula is C16H20N2S. The van der Waals surface area contributed by atoms with Gasteiger partial charge in [-0.15, -0.1) is 11.3 Å². The van der Waals surface area contributed by atoms with Crippen LogP contribution in [0.3, 0.4) is 0 Å². The molecule has 100 valence electrons. The largest absolute Gasteiger partial charge is 0.324 e. The molecule has 0 saturated heterocycles. The van der Waals surface area contributed by atoms with E-state index < -0.39 is 0 Å². The maximum absolute atomic E-state index is 6.30. The van der Waals surface area contributed by atoms with Gasteiger partial charge in [0.15, 0.2) is 0 Å². The van der Waals surface area contributed by atoms with Crippen molar-refractivity contribution in [1.82, 2.24) is 4.98 Å². The van der Waals surface area contributed by atoms with E-state index in [1.807, 2.05) is 11.3 Å². The zero-order valence-electron chi connectivity index (χ0n) is 11.4. The number of fused-ring (bicyclic) bond motifs is 1. The minimum absolute atomic E-state index is 0.0668. The second kappa shape index (κ2) is 5.43. The Labute approximate surface area is 118 Å². The fourth-order valence-electron chi connectivity index (χ4n) is 2.64. The van der Waals surface area contributed by atoms with Crippen molar-refractivity contribution in [3.63, 3.8) is 0 Å². The minimum Gasteiger partial charge on any atom is -0.324 e. The van der Waals surface area contributed by atoms with Crippen LogP contribution in [0.2, 0.25) is 0 Å². The highest BCUT2D eigenvalue weighted by Gasteiger charge is 2.18. The topological polar surface area (TPSA) is 38.9 Å². The van der Waals surface area contributed by atoms with E-state index in [9.17, 15) is 0 Å². The maximum atomic E-state index is 6.30. The van der Waals surface area contributed by atoms with Crippen LogP contribution in [0.25, 0.3) is 0 Å². The van der Waals surface area contributed by atoms with Crippen LogP contribution in [0.1, 0.15) is 46.1 Å². The molecule has 1 aliphatic rings. The lowest BCUT2D eigenvalue weighted by Gasteiger charge is -2.11. The van der Waals surface area contributed by atoms with Gasteiger partial charge in [0.1, 0.15) is 0 Å². The van der Waals surface area contributed by atoms with Gasteiger partial charge in [0, 0.05) is 17.3 Å². The minimum atomic E-state index is 0.0668. The number of benzene rings is 1. The molecule has 0 bridgehead atoms. The van der Waals surface area contributed by atoms with Crippen molar-refractivity contribution in [2.24, 2.45) is 5.73 Å². The lowest BCUT2D eigenvalue weighted by molar-refractivity contribution is 0.714. The van der Waals surface area contributed by atoms with Crippen molar-refractivity contribution in [2.75, 3.05) is 0 Å². The summed E-state index contributed by atoms with van der Waals surface area (Å²) in [6, 6.07) is 8.74. The van der Waals surface area contributed by atoms with Gasteiger partial charge in [0.05, 0.1) is 10.7 Å². The zero-order valence-corrected chi connectivity index (χ0v) is 12.2. The second-order valence-electron chi connectivity index (χ2n) is 5.24. The lowest BCUT2D eigenvalue weighted by Crippen LogP contribution is -2.13. The highest BCUT2D eigenvalue weighted by atomic mass is 32.1. The SMILES string of the molecule is CCc1ccc(C(N)Cc2nc3c(s2)CCC3)cc1. The standard InChI is InChI=1S/C16H20N2S/c1-2-11-6-8-12(9-7-11)13(17)10-16-18-14-4-3-5-15(14)19-16/h6-9,13H,2-5,10,17H2,1H3. The van der Waals surface area contributed by atoms with Gasteiger partial charge in [0.2, 0.25) is 0 Å². The third-order valence-electron chi connectivity index (χ3n) is 3.85. The van der Waals surface area contributed by atoms with Gasteiger partial charge in [-0.2, -0.15) is 0 Å². The molecule has 1 aromatic heterocycles. The van der Waals surface area contributed by atoms with Crippen molar-refractivity contribution >= 4 is 11.3 Å². The molecule has 1 aliphatic carbocycles. The Balaban J connectivity index is 1.70. The molecule has 2 aromatic rings. The van der Waals surface area contributed by atoms with Crippen molar-refractivity contribution in [1.29, 1.82) is 0 Å². The van der Waals surface area contributed by atoms with Gasteiger partial charge < -0.3 is 5.73 Å². The fraction of sp³-hybridized carbons (Fsp3) is 0.438. The van der Waals surface area contributed by atoms with Crippen LogP contribution in [0.4, 0.5) is 0 Å². The van der Waals surface area contributed by atoms with Crippen molar-refractivity contribution in [2.45, 2.75) is 45.1 Å². The molecule has 0 amide bonds. The first-order valence-electron chi connectivity index (χ1n) is 7.08. The molecular weight excluding hydrogens is 252 g/mol. The predicted molar refractivity (Wildman–Crippen MR) is 80.6 cm³/mol. The summed E-state index contributed by atoms with van der Waals surface area (Å²) < 4.78 is 0. The fourth-order valence-corrected chi connectivity index (χ4v) is 3.85. The van der Waals surface area contributed by atoms with Crippen molar-refractivity contribution < 1.29 is 0 Å². The molecule has 0 saturated carbocycles. The van der Waals surface area contributed by atoms with Crippen LogP contribution in [0.15, 0.2) is 24.3 Å². The van der Waals surface area contributed by atoms with Crippen molar-refractivity contribution in [3.05, 3.63) is 51.0 Å². The number of aryl methyl sites for hydroxylation is 3. The van der Waals surface area contributed by atoms with E-state index in [1.165, 1.54) is 39.5 Å². The number of rotatable bonds is 4. The summed E-state index contributed by atoms with van der Waals surface area (Å²) in [6.45, 7) is 2.17. The Morgan fingerprint density at radius 1 is 1.26 bits per heavy atom. The predicted octanol–water partition coefficient (Wildman–Crippen LogP) is 3.44. The van der Waals surface area contributed by atoms with E-state index in [1.54, 1.807) is 0 Å². The summed E-state index contributed by atoms with van der Waals surface area (Å²) in [4.78, 5) is 6.22. The molecule has 2 nitrogen and oxygen atoms in total. The van der Waals surface area contributed by atoms with Crippen LogP contribution in [0.5, 0.6) is 0 Å². The highest BCUT2D eigenvalue weighted by molar-refractivity contribution is 7.11. The van der Waals surface area contributed by atoms with Gasteiger partial charge in [0.25, 0.3) is 0 Å². The first kappa shape index (κ1) is 12.8. The number of hydrogen-bond donors (Lipinski definition) is 1. The van der Waals surface area contributed by atoms with Gasteiger partial charge in [-0.25, -0.2) is 4.98 Å². The van der Waals surface area contributed by atoms with E-state index >= 15 is 0 Å². The van der Waals surface area contributed by atoms with E-state index in [-0.39, 0.29) is 6.04 Å². The van der Waals surface area contributed by atoms with Crippen LogP contribution in [-0.4, -0.2) is 4.98 Å². The summed E-state index contributed by atoms with van der Waals surface area (Å²) in [5, 5.41) is 1.21. The molecule has 3 heteroatoms. The molecule has 3 rings (SSSR count). The Hall–Kier alpha value is -1.19. The third-order valence-corrected chi connectivity index (χ3v) is 5.03. The first-order valence-corrected chi connectivity index (χ1v) is 7.89.